The zero-order chi connectivity index (χ0) is 20.0. The molecule has 152 valence electrons. The average molecular weight is 405 g/mol. The van der Waals surface area contributed by atoms with Crippen LogP contribution in [0.2, 0.25) is 0 Å². The zero-order valence-electron chi connectivity index (χ0n) is 16.2. The maximum Gasteiger partial charge on any atom is 0.241 e. The molecule has 1 fully saturated rings. The molecule has 0 aliphatic carbocycles. The van der Waals surface area contributed by atoms with E-state index in [9.17, 15) is 8.42 Å². The second-order valence-corrected chi connectivity index (χ2v) is 8.86. The van der Waals surface area contributed by atoms with Gasteiger partial charge < -0.3 is 9.84 Å². The molecule has 2 N–H and O–H groups in total. The predicted octanol–water partition coefficient (Wildman–Crippen LogP) is 2.31. The highest BCUT2D eigenvalue weighted by molar-refractivity contribution is 7.89. The number of nitrogens with one attached hydrogen (secondary N) is 1. The van der Waals surface area contributed by atoms with Gasteiger partial charge in [-0.25, -0.2) is 13.1 Å². The van der Waals surface area contributed by atoms with Crippen molar-refractivity contribution in [1.29, 1.82) is 0 Å². The van der Waals surface area contributed by atoms with Crippen molar-refractivity contribution in [2.75, 3.05) is 26.3 Å². The summed E-state index contributed by atoms with van der Waals surface area (Å²) in [4.78, 5) is 2.63. The van der Waals surface area contributed by atoms with Crippen molar-refractivity contribution in [3.63, 3.8) is 0 Å². The molecular weight excluding hydrogens is 376 g/mol. The fourth-order valence-electron chi connectivity index (χ4n) is 3.55. The van der Waals surface area contributed by atoms with E-state index in [0.29, 0.717) is 11.4 Å². The van der Waals surface area contributed by atoms with E-state index in [1.165, 1.54) is 0 Å². The number of piperidine rings is 1. The van der Waals surface area contributed by atoms with Gasteiger partial charge in [-0.3, -0.25) is 4.90 Å². The average Bonchev–Trinajstić information content (AvgIpc) is 2.67. The number of aliphatic hydroxyl groups excluding tert-OH is 1. The number of sulfonamides is 1. The van der Waals surface area contributed by atoms with Crippen LogP contribution in [0.1, 0.15) is 24.0 Å². The highest BCUT2D eigenvalue weighted by Crippen LogP contribution is 2.19. The summed E-state index contributed by atoms with van der Waals surface area (Å²) < 4.78 is 33.8. The van der Waals surface area contributed by atoms with E-state index >= 15 is 0 Å². The van der Waals surface area contributed by atoms with Crippen molar-refractivity contribution in [1.82, 2.24) is 9.62 Å². The lowest BCUT2D eigenvalue weighted by Gasteiger charge is -2.33. The van der Waals surface area contributed by atoms with E-state index in [0.717, 1.165) is 42.8 Å². The highest BCUT2D eigenvalue weighted by atomic mass is 32.2. The topological polar surface area (TPSA) is 78.9 Å². The molecule has 1 atom stereocenters. The Bertz CT molecular complexity index is 868. The highest BCUT2D eigenvalue weighted by Gasteiger charge is 2.26. The fraction of sp³-hybridized carbons (Fsp3) is 0.429. The number of benzene rings is 2. The van der Waals surface area contributed by atoms with Gasteiger partial charge in [0.05, 0.1) is 11.5 Å². The minimum absolute atomic E-state index is 0.00463. The van der Waals surface area contributed by atoms with Crippen LogP contribution < -0.4 is 9.46 Å². The molecule has 0 bridgehead atoms. The molecule has 0 aromatic heterocycles. The van der Waals surface area contributed by atoms with Crippen molar-refractivity contribution in [2.24, 2.45) is 0 Å². The Morgan fingerprint density at radius 2 is 1.93 bits per heavy atom. The minimum Gasteiger partial charge on any atom is -0.491 e. The van der Waals surface area contributed by atoms with Gasteiger partial charge in [-0.05, 0) is 55.6 Å². The van der Waals surface area contributed by atoms with Crippen LogP contribution in [0.3, 0.4) is 0 Å². The number of hydrogen-bond acceptors (Lipinski definition) is 5. The van der Waals surface area contributed by atoms with Crippen molar-refractivity contribution in [2.45, 2.75) is 37.2 Å². The summed E-state index contributed by atoms with van der Waals surface area (Å²) in [6.45, 7) is 4.50. The summed E-state index contributed by atoms with van der Waals surface area (Å²) in [7, 11) is -3.51. The summed E-state index contributed by atoms with van der Waals surface area (Å²) in [6, 6.07) is 14.8. The van der Waals surface area contributed by atoms with Crippen molar-refractivity contribution in [3.05, 3.63) is 59.7 Å². The molecule has 2 aromatic rings. The molecule has 1 aliphatic heterocycles. The van der Waals surface area contributed by atoms with Crippen molar-refractivity contribution >= 4 is 10.0 Å². The van der Waals surface area contributed by atoms with Crippen LogP contribution in [-0.4, -0.2) is 50.8 Å². The molecular formula is C21H28N2O4S. The second kappa shape index (κ2) is 9.52. The van der Waals surface area contributed by atoms with Crippen LogP contribution in [-0.2, 0) is 16.6 Å². The first-order valence-corrected chi connectivity index (χ1v) is 11.1. The zero-order valence-corrected chi connectivity index (χ0v) is 17.0. The number of nitrogens with zero attached hydrogens (tertiary/aromatic N) is 1. The van der Waals surface area contributed by atoms with Gasteiger partial charge in [0.15, 0.2) is 0 Å². The van der Waals surface area contributed by atoms with Crippen LogP contribution in [0.25, 0.3) is 0 Å². The molecule has 7 heteroatoms. The van der Waals surface area contributed by atoms with Crippen LogP contribution in [0.5, 0.6) is 5.75 Å². The second-order valence-electron chi connectivity index (χ2n) is 7.18. The molecule has 1 aliphatic rings. The quantitative estimate of drug-likeness (QED) is 0.706. The lowest BCUT2D eigenvalue weighted by molar-refractivity contribution is 0.194. The lowest BCUT2D eigenvalue weighted by atomic mass is 10.1. The van der Waals surface area contributed by atoms with Crippen molar-refractivity contribution < 1.29 is 18.3 Å². The van der Waals surface area contributed by atoms with E-state index < -0.39 is 10.0 Å². The maximum absolute atomic E-state index is 12.7. The molecule has 28 heavy (non-hydrogen) atoms. The van der Waals surface area contributed by atoms with Gasteiger partial charge in [0, 0.05) is 19.1 Å². The molecule has 0 unspecified atom stereocenters. The number of aliphatic hydroxyl groups is 1. The molecule has 2 aromatic carbocycles. The minimum atomic E-state index is -3.51. The first-order valence-electron chi connectivity index (χ1n) is 9.61. The van der Waals surface area contributed by atoms with Gasteiger partial charge in [0.25, 0.3) is 0 Å². The number of ether oxygens (including phenoxy) is 1. The van der Waals surface area contributed by atoms with E-state index in [1.807, 2.05) is 43.3 Å². The van der Waals surface area contributed by atoms with E-state index in [1.54, 1.807) is 12.1 Å². The van der Waals surface area contributed by atoms with Gasteiger partial charge in [-0.1, -0.05) is 30.3 Å². The Morgan fingerprint density at radius 1 is 1.18 bits per heavy atom. The third-order valence-electron chi connectivity index (χ3n) is 4.90. The Morgan fingerprint density at radius 3 is 2.64 bits per heavy atom. The monoisotopic (exact) mass is 404 g/mol. The SMILES string of the molecule is Cc1ccccc1S(=O)(=O)N[C@@H]1CCCN(Cc2ccc(OCCO)cc2)C1. The third-order valence-corrected chi connectivity index (χ3v) is 6.58. The van der Waals surface area contributed by atoms with Gasteiger partial charge in [-0.2, -0.15) is 0 Å². The Labute approximate surface area is 167 Å². The van der Waals surface area contributed by atoms with Crippen LogP contribution in [0.4, 0.5) is 0 Å². The lowest BCUT2D eigenvalue weighted by Crippen LogP contribution is -2.47. The predicted molar refractivity (Wildman–Crippen MR) is 109 cm³/mol. The molecule has 0 saturated carbocycles. The smallest absolute Gasteiger partial charge is 0.241 e. The van der Waals surface area contributed by atoms with Gasteiger partial charge in [0.2, 0.25) is 10.0 Å². The number of rotatable bonds is 8. The largest absolute Gasteiger partial charge is 0.491 e. The van der Waals surface area contributed by atoms with E-state index in [-0.39, 0.29) is 19.3 Å². The van der Waals surface area contributed by atoms with Crippen molar-refractivity contribution in [3.8, 4) is 5.75 Å². The van der Waals surface area contributed by atoms with E-state index in [4.69, 9.17) is 9.84 Å². The number of hydrogen-bond donors (Lipinski definition) is 2. The Kier molecular flexibility index (Phi) is 7.07. The summed E-state index contributed by atoms with van der Waals surface area (Å²) >= 11 is 0. The summed E-state index contributed by atoms with van der Waals surface area (Å²) in [6.07, 6.45) is 1.80. The molecule has 0 spiro atoms. The summed E-state index contributed by atoms with van der Waals surface area (Å²) in [5.41, 5.74) is 1.91. The molecule has 3 rings (SSSR count). The normalized spacial score (nSPS) is 18.1. The molecule has 1 saturated heterocycles. The van der Waals surface area contributed by atoms with Gasteiger partial charge >= 0.3 is 0 Å². The molecule has 1 heterocycles. The van der Waals surface area contributed by atoms with Crippen LogP contribution in [0.15, 0.2) is 53.4 Å². The molecule has 0 radical (unpaired) electrons. The van der Waals surface area contributed by atoms with E-state index in [2.05, 4.69) is 9.62 Å². The molecule has 0 amide bonds. The van der Waals surface area contributed by atoms with Crippen LogP contribution in [0, 0.1) is 6.92 Å². The van der Waals surface area contributed by atoms with Crippen LogP contribution >= 0.6 is 0 Å². The Balaban J connectivity index is 1.59. The number of likely N-dealkylation sites (tertiary alicyclic amines) is 1. The molecule has 6 nitrogen and oxygen atoms in total. The Hall–Kier alpha value is -1.93. The first-order chi connectivity index (χ1) is 13.5. The van der Waals surface area contributed by atoms with Gasteiger partial charge in [-0.15, -0.1) is 0 Å². The standard InChI is InChI=1S/C21H28N2O4S/c1-17-5-2-3-7-21(17)28(25,26)22-19-6-4-12-23(16-19)15-18-8-10-20(11-9-18)27-14-13-24/h2-3,5,7-11,19,22,24H,4,6,12-16H2,1H3/t19-/m1/s1. The summed E-state index contributed by atoms with van der Waals surface area (Å²) in [5.74, 6) is 0.736. The fourth-order valence-corrected chi connectivity index (χ4v) is 5.06. The maximum atomic E-state index is 12.7. The first kappa shape index (κ1) is 20.8. The van der Waals surface area contributed by atoms with Gasteiger partial charge in [0.1, 0.15) is 12.4 Å². The number of aryl methyl sites for hydroxylation is 1. The third kappa shape index (κ3) is 5.54. The summed E-state index contributed by atoms with van der Waals surface area (Å²) in [5, 5.41) is 8.81.